The minimum atomic E-state index is -2.95. The molecular formula is C18H23FN4O2S. The number of hydrogen-bond donors (Lipinski definition) is 1. The summed E-state index contributed by atoms with van der Waals surface area (Å²) in [6.45, 7) is 3.17. The highest BCUT2D eigenvalue weighted by Crippen LogP contribution is 2.23. The highest BCUT2D eigenvalue weighted by atomic mass is 32.2. The largest absolute Gasteiger partial charge is 0.354 e. The van der Waals surface area contributed by atoms with Gasteiger partial charge in [-0.25, -0.2) is 17.8 Å². The van der Waals surface area contributed by atoms with Crippen LogP contribution in [0.3, 0.4) is 0 Å². The zero-order valence-electron chi connectivity index (χ0n) is 14.7. The molecule has 0 aliphatic carbocycles. The molecule has 2 aromatic rings. The molecule has 1 aliphatic heterocycles. The summed E-state index contributed by atoms with van der Waals surface area (Å²) < 4.78 is 37.2. The van der Waals surface area contributed by atoms with E-state index < -0.39 is 9.84 Å². The molecule has 1 unspecified atom stereocenters. The van der Waals surface area contributed by atoms with Crippen molar-refractivity contribution in [2.75, 3.05) is 34.8 Å². The highest BCUT2D eigenvalue weighted by Gasteiger charge is 2.32. The quantitative estimate of drug-likeness (QED) is 0.797. The van der Waals surface area contributed by atoms with Gasteiger partial charge < -0.3 is 10.2 Å². The van der Waals surface area contributed by atoms with Gasteiger partial charge in [-0.05, 0) is 37.5 Å². The van der Waals surface area contributed by atoms with Crippen molar-refractivity contribution in [1.29, 1.82) is 0 Å². The van der Waals surface area contributed by atoms with Crippen LogP contribution in [0.1, 0.15) is 18.9 Å². The van der Waals surface area contributed by atoms with Crippen LogP contribution in [-0.2, 0) is 16.3 Å². The molecule has 1 fully saturated rings. The van der Waals surface area contributed by atoms with E-state index in [1.165, 1.54) is 6.07 Å². The van der Waals surface area contributed by atoms with Crippen molar-refractivity contribution in [3.63, 3.8) is 0 Å². The molecule has 3 rings (SSSR count). The number of nitrogens with zero attached hydrogens (tertiary/aromatic N) is 3. The van der Waals surface area contributed by atoms with Crippen LogP contribution < -0.4 is 10.2 Å². The summed E-state index contributed by atoms with van der Waals surface area (Å²) in [6, 6.07) is 8.42. The lowest BCUT2D eigenvalue weighted by molar-refractivity contribution is 0.599. The van der Waals surface area contributed by atoms with Crippen LogP contribution in [0.15, 0.2) is 36.5 Å². The molecule has 0 spiro atoms. The second kappa shape index (κ2) is 7.99. The monoisotopic (exact) mass is 378 g/mol. The van der Waals surface area contributed by atoms with Crippen molar-refractivity contribution in [1.82, 2.24) is 9.97 Å². The van der Waals surface area contributed by atoms with E-state index in [1.54, 1.807) is 24.4 Å². The van der Waals surface area contributed by atoms with Gasteiger partial charge in [0.15, 0.2) is 9.84 Å². The Balaban J connectivity index is 1.64. The predicted octanol–water partition coefficient (Wildman–Crippen LogP) is 2.28. The maximum atomic E-state index is 13.7. The molecule has 1 aromatic heterocycles. The fraction of sp³-hybridized carbons (Fsp3) is 0.444. The van der Waals surface area contributed by atoms with Gasteiger partial charge in [0, 0.05) is 25.3 Å². The molecule has 0 saturated carbocycles. The molecule has 1 N–H and O–H groups in total. The Kier molecular flexibility index (Phi) is 5.70. The van der Waals surface area contributed by atoms with E-state index in [0.717, 1.165) is 0 Å². The Hall–Kier alpha value is -2.22. The van der Waals surface area contributed by atoms with Gasteiger partial charge in [-0.3, -0.25) is 0 Å². The molecule has 0 radical (unpaired) electrons. The molecule has 1 aromatic carbocycles. The molecular weight excluding hydrogens is 355 g/mol. The molecule has 6 nitrogen and oxygen atoms in total. The van der Waals surface area contributed by atoms with Crippen LogP contribution in [0.4, 0.5) is 16.2 Å². The van der Waals surface area contributed by atoms with Gasteiger partial charge >= 0.3 is 0 Å². The molecule has 140 valence electrons. The molecule has 1 saturated heterocycles. The minimum Gasteiger partial charge on any atom is -0.354 e. The molecule has 8 heteroatoms. The van der Waals surface area contributed by atoms with Gasteiger partial charge in [-0.1, -0.05) is 18.2 Å². The predicted molar refractivity (Wildman–Crippen MR) is 101 cm³/mol. The van der Waals surface area contributed by atoms with Crippen molar-refractivity contribution in [3.8, 4) is 0 Å². The zero-order valence-corrected chi connectivity index (χ0v) is 15.5. The molecule has 1 aliphatic rings. The van der Waals surface area contributed by atoms with Crippen molar-refractivity contribution in [2.45, 2.75) is 25.8 Å². The first-order valence-electron chi connectivity index (χ1n) is 8.76. The minimum absolute atomic E-state index is 0.0498. The zero-order chi connectivity index (χ0) is 18.6. The van der Waals surface area contributed by atoms with Crippen molar-refractivity contribution in [2.24, 2.45) is 0 Å². The summed E-state index contributed by atoms with van der Waals surface area (Å²) >= 11 is 0. The number of rotatable bonds is 7. The normalized spacial score (nSPS) is 18.6. The van der Waals surface area contributed by atoms with Crippen LogP contribution in [0, 0.1) is 5.82 Å². The topological polar surface area (TPSA) is 75.2 Å². The van der Waals surface area contributed by atoms with Crippen LogP contribution in [0.2, 0.25) is 0 Å². The number of aromatic nitrogens is 2. The van der Waals surface area contributed by atoms with Gasteiger partial charge in [0.1, 0.15) is 11.6 Å². The van der Waals surface area contributed by atoms with E-state index in [-0.39, 0.29) is 23.4 Å². The van der Waals surface area contributed by atoms with Gasteiger partial charge in [-0.2, -0.15) is 4.98 Å². The third kappa shape index (κ3) is 4.49. The molecule has 0 amide bonds. The SMILES string of the molecule is CCN(c1ccnc(NCCc2ccccc2F)n1)C1CCS(=O)(=O)C1. The summed E-state index contributed by atoms with van der Waals surface area (Å²) in [5.41, 5.74) is 0.641. The lowest BCUT2D eigenvalue weighted by Crippen LogP contribution is -2.36. The number of nitrogens with one attached hydrogen (secondary N) is 1. The van der Waals surface area contributed by atoms with Crippen LogP contribution in [0.25, 0.3) is 0 Å². The first-order chi connectivity index (χ1) is 12.5. The number of benzene rings is 1. The van der Waals surface area contributed by atoms with E-state index >= 15 is 0 Å². The number of halogens is 1. The summed E-state index contributed by atoms with van der Waals surface area (Å²) in [7, 11) is -2.95. The highest BCUT2D eigenvalue weighted by molar-refractivity contribution is 7.91. The summed E-state index contributed by atoms with van der Waals surface area (Å²) in [6.07, 6.45) is 2.80. The van der Waals surface area contributed by atoms with Gasteiger partial charge in [0.05, 0.1) is 11.5 Å². The third-order valence-electron chi connectivity index (χ3n) is 4.56. The summed E-state index contributed by atoms with van der Waals surface area (Å²) in [5, 5.41) is 3.11. The summed E-state index contributed by atoms with van der Waals surface area (Å²) in [4.78, 5) is 10.7. The number of sulfone groups is 1. The number of anilines is 2. The van der Waals surface area contributed by atoms with Gasteiger partial charge in [-0.15, -0.1) is 0 Å². The van der Waals surface area contributed by atoms with Crippen LogP contribution >= 0.6 is 0 Å². The average molecular weight is 378 g/mol. The molecule has 26 heavy (non-hydrogen) atoms. The fourth-order valence-corrected chi connectivity index (χ4v) is 4.96. The fourth-order valence-electron chi connectivity index (χ4n) is 3.23. The van der Waals surface area contributed by atoms with E-state index in [0.29, 0.717) is 43.3 Å². The molecule has 1 atom stereocenters. The average Bonchev–Trinajstić information content (AvgIpc) is 2.97. The lowest BCUT2D eigenvalue weighted by atomic mass is 10.1. The van der Waals surface area contributed by atoms with Crippen LogP contribution in [-0.4, -0.2) is 49.0 Å². The van der Waals surface area contributed by atoms with Gasteiger partial charge in [0.25, 0.3) is 0 Å². The third-order valence-corrected chi connectivity index (χ3v) is 6.31. The van der Waals surface area contributed by atoms with Crippen LogP contribution in [0.5, 0.6) is 0 Å². The van der Waals surface area contributed by atoms with Crippen molar-refractivity contribution in [3.05, 3.63) is 47.9 Å². The van der Waals surface area contributed by atoms with E-state index in [9.17, 15) is 12.8 Å². The Morgan fingerprint density at radius 1 is 1.31 bits per heavy atom. The summed E-state index contributed by atoms with van der Waals surface area (Å²) in [5.74, 6) is 1.34. The van der Waals surface area contributed by atoms with E-state index in [1.807, 2.05) is 17.9 Å². The number of hydrogen-bond acceptors (Lipinski definition) is 6. The lowest BCUT2D eigenvalue weighted by Gasteiger charge is -2.28. The first-order valence-corrected chi connectivity index (χ1v) is 10.6. The first kappa shape index (κ1) is 18.6. The molecule has 2 heterocycles. The second-order valence-electron chi connectivity index (χ2n) is 6.35. The Morgan fingerprint density at radius 3 is 2.81 bits per heavy atom. The van der Waals surface area contributed by atoms with E-state index in [4.69, 9.17) is 0 Å². The smallest absolute Gasteiger partial charge is 0.224 e. The maximum Gasteiger partial charge on any atom is 0.224 e. The van der Waals surface area contributed by atoms with Gasteiger partial charge in [0.2, 0.25) is 5.95 Å². The Bertz CT molecular complexity index is 860. The van der Waals surface area contributed by atoms with Crippen molar-refractivity contribution < 1.29 is 12.8 Å². The van der Waals surface area contributed by atoms with E-state index in [2.05, 4.69) is 15.3 Å². The Labute approximate surface area is 153 Å². The Morgan fingerprint density at radius 2 is 2.12 bits per heavy atom. The standard InChI is InChI=1S/C18H23FN4O2S/c1-2-23(15-9-12-26(24,25)13-15)17-8-11-21-18(22-17)20-10-7-14-5-3-4-6-16(14)19/h3-6,8,11,15H,2,7,9-10,12-13H2,1H3,(H,20,21,22). The molecule has 0 bridgehead atoms. The second-order valence-corrected chi connectivity index (χ2v) is 8.58. The maximum absolute atomic E-state index is 13.7. The van der Waals surface area contributed by atoms with Crippen molar-refractivity contribution >= 4 is 21.6 Å².